The largest absolute Gasteiger partial charge is 0.285 e. The van der Waals surface area contributed by atoms with Gasteiger partial charge in [-0.15, -0.1) is 0 Å². The number of thioether (sulfide) groups is 4. The first-order chi connectivity index (χ1) is 13.2. The summed E-state index contributed by atoms with van der Waals surface area (Å²) in [5, 5.41) is 0. The van der Waals surface area contributed by atoms with Crippen LogP contribution in [0.3, 0.4) is 0 Å². The molecule has 2 atom stereocenters. The van der Waals surface area contributed by atoms with Crippen molar-refractivity contribution in [2.45, 2.75) is 12.3 Å². The van der Waals surface area contributed by atoms with Gasteiger partial charge in [0, 0.05) is 85.3 Å². The molecule has 4 rings (SSSR count). The van der Waals surface area contributed by atoms with Gasteiger partial charge in [-0.2, -0.15) is 64.1 Å². The van der Waals surface area contributed by atoms with E-state index in [-0.39, 0.29) is 12.3 Å². The summed E-state index contributed by atoms with van der Waals surface area (Å²) >= 11 is 7.76. The monoisotopic (exact) mass is 470 g/mol. The van der Waals surface area contributed by atoms with Crippen LogP contribution in [0.25, 0.3) is 0 Å². The van der Waals surface area contributed by atoms with E-state index in [2.05, 4.69) is 9.80 Å². The Morgan fingerprint density at radius 2 is 0.926 bits per heavy atom. The standard InChI is InChI=1S/C16H30N4O2S5/c21-27(22,19-5-11-25-13-15(19)17-1-7-23-8-2-17)20-6-12-26-14-16(20)18-3-9-24-10-4-18/h15-16H,1-14H2. The first kappa shape index (κ1) is 21.4. The van der Waals surface area contributed by atoms with Gasteiger partial charge in [-0.05, 0) is 0 Å². The highest BCUT2D eigenvalue weighted by Crippen LogP contribution is 2.31. The van der Waals surface area contributed by atoms with E-state index in [1.165, 1.54) is 0 Å². The first-order valence-corrected chi connectivity index (χ1v) is 15.8. The van der Waals surface area contributed by atoms with Gasteiger partial charge in [-0.25, -0.2) is 0 Å². The molecule has 0 N–H and O–H groups in total. The Morgan fingerprint density at radius 3 is 1.33 bits per heavy atom. The molecule has 0 aliphatic carbocycles. The Labute approximate surface area is 181 Å². The molecule has 11 heteroatoms. The van der Waals surface area contributed by atoms with E-state index in [0.717, 1.165) is 72.2 Å². The molecule has 2 unspecified atom stereocenters. The fraction of sp³-hybridized carbons (Fsp3) is 1.00. The normalized spacial score (nSPS) is 33.9. The molecule has 0 saturated carbocycles. The van der Waals surface area contributed by atoms with Gasteiger partial charge in [0.2, 0.25) is 0 Å². The molecule has 156 valence electrons. The lowest BCUT2D eigenvalue weighted by Crippen LogP contribution is -2.64. The molecule has 6 nitrogen and oxygen atoms in total. The Balaban J connectivity index is 1.54. The molecule has 0 aromatic rings. The summed E-state index contributed by atoms with van der Waals surface area (Å²) in [6, 6.07) is 0. The molecule has 4 aliphatic heterocycles. The van der Waals surface area contributed by atoms with Crippen LogP contribution >= 0.6 is 47.0 Å². The fourth-order valence-corrected chi connectivity index (χ4v) is 10.6. The second-order valence-corrected chi connectivity index (χ2v) is 13.7. The maximum absolute atomic E-state index is 13.8. The van der Waals surface area contributed by atoms with Gasteiger partial charge >= 0.3 is 0 Å². The molecule has 4 saturated heterocycles. The summed E-state index contributed by atoms with van der Waals surface area (Å²) in [5.41, 5.74) is 0. The van der Waals surface area contributed by atoms with Crippen LogP contribution in [-0.2, 0) is 10.2 Å². The molecule has 4 aliphatic rings. The molecule has 0 aromatic carbocycles. The van der Waals surface area contributed by atoms with Gasteiger partial charge in [-0.3, -0.25) is 9.80 Å². The van der Waals surface area contributed by atoms with E-state index in [9.17, 15) is 8.42 Å². The maximum Gasteiger partial charge on any atom is 0.284 e. The minimum Gasteiger partial charge on any atom is -0.285 e. The van der Waals surface area contributed by atoms with Crippen LogP contribution < -0.4 is 0 Å². The molecule has 0 bridgehead atoms. The van der Waals surface area contributed by atoms with E-state index in [4.69, 9.17) is 0 Å². The highest BCUT2D eigenvalue weighted by Gasteiger charge is 2.44. The first-order valence-electron chi connectivity index (χ1n) is 9.75. The van der Waals surface area contributed by atoms with E-state index >= 15 is 0 Å². The second-order valence-electron chi connectivity index (χ2n) is 7.14. The van der Waals surface area contributed by atoms with Crippen molar-refractivity contribution in [2.75, 3.05) is 85.3 Å². The minimum atomic E-state index is -3.44. The Bertz CT molecular complexity index is 539. The smallest absolute Gasteiger partial charge is 0.284 e. The van der Waals surface area contributed by atoms with Crippen LogP contribution in [0.1, 0.15) is 0 Å². The van der Waals surface area contributed by atoms with Crippen LogP contribution in [0, 0.1) is 0 Å². The lowest BCUT2D eigenvalue weighted by Gasteiger charge is -2.48. The number of rotatable bonds is 4. The average Bonchev–Trinajstić information content (AvgIpc) is 2.75. The van der Waals surface area contributed by atoms with Gasteiger partial charge < -0.3 is 0 Å². The van der Waals surface area contributed by atoms with Crippen molar-refractivity contribution in [1.82, 2.24) is 18.4 Å². The number of hydrogen-bond acceptors (Lipinski definition) is 8. The van der Waals surface area contributed by atoms with Crippen molar-refractivity contribution in [2.24, 2.45) is 0 Å². The summed E-state index contributed by atoms with van der Waals surface area (Å²) in [6.45, 7) is 5.31. The van der Waals surface area contributed by atoms with Crippen molar-refractivity contribution in [3.8, 4) is 0 Å². The number of nitrogens with zero attached hydrogens (tertiary/aromatic N) is 4. The molecule has 4 heterocycles. The highest BCUT2D eigenvalue weighted by molar-refractivity contribution is 8.00. The van der Waals surface area contributed by atoms with Crippen LogP contribution in [0.4, 0.5) is 0 Å². The quantitative estimate of drug-likeness (QED) is 0.605. The van der Waals surface area contributed by atoms with E-state index in [1.54, 1.807) is 0 Å². The van der Waals surface area contributed by atoms with Gasteiger partial charge in [0.25, 0.3) is 10.2 Å². The van der Waals surface area contributed by atoms with Crippen molar-refractivity contribution in [3.05, 3.63) is 0 Å². The highest BCUT2D eigenvalue weighted by atomic mass is 32.2. The zero-order valence-corrected chi connectivity index (χ0v) is 19.8. The molecular weight excluding hydrogens is 441 g/mol. The van der Waals surface area contributed by atoms with Crippen LogP contribution in [-0.4, -0.2) is 124 Å². The molecule has 4 fully saturated rings. The minimum absolute atomic E-state index is 0.0294. The van der Waals surface area contributed by atoms with Crippen LogP contribution in [0.15, 0.2) is 0 Å². The summed E-state index contributed by atoms with van der Waals surface area (Å²) in [7, 11) is -3.44. The molecule has 0 radical (unpaired) electrons. The van der Waals surface area contributed by atoms with Crippen molar-refractivity contribution >= 4 is 57.3 Å². The Kier molecular flexibility index (Phi) is 7.93. The summed E-state index contributed by atoms with van der Waals surface area (Å²) in [4.78, 5) is 4.82. The van der Waals surface area contributed by atoms with Crippen molar-refractivity contribution in [1.29, 1.82) is 0 Å². The molecule has 0 aromatic heterocycles. The van der Waals surface area contributed by atoms with Crippen LogP contribution in [0.5, 0.6) is 0 Å². The van der Waals surface area contributed by atoms with E-state index in [1.807, 2.05) is 55.7 Å². The van der Waals surface area contributed by atoms with Crippen molar-refractivity contribution < 1.29 is 8.42 Å². The van der Waals surface area contributed by atoms with Crippen LogP contribution in [0.2, 0.25) is 0 Å². The predicted octanol–water partition coefficient (Wildman–Crippen LogP) is 1.08. The third-order valence-electron chi connectivity index (χ3n) is 5.64. The van der Waals surface area contributed by atoms with Gasteiger partial charge in [0.05, 0.1) is 12.3 Å². The zero-order valence-electron chi connectivity index (χ0n) is 15.7. The topological polar surface area (TPSA) is 47.1 Å². The third kappa shape index (κ3) is 4.92. The fourth-order valence-electron chi connectivity index (χ4n) is 4.15. The molecule has 27 heavy (non-hydrogen) atoms. The summed E-state index contributed by atoms with van der Waals surface area (Å²) in [6.07, 6.45) is 0.0589. The average molecular weight is 471 g/mol. The molecular formula is C16H30N4O2S5. The molecule has 0 amide bonds. The lowest BCUT2D eigenvalue weighted by molar-refractivity contribution is 0.0963. The summed E-state index contributed by atoms with van der Waals surface area (Å²) < 4.78 is 31.3. The predicted molar refractivity (Wildman–Crippen MR) is 122 cm³/mol. The van der Waals surface area contributed by atoms with E-state index in [0.29, 0.717) is 13.1 Å². The Hall–Kier alpha value is 1.19. The van der Waals surface area contributed by atoms with Gasteiger partial charge in [-0.1, -0.05) is 0 Å². The van der Waals surface area contributed by atoms with Gasteiger partial charge in [0.15, 0.2) is 0 Å². The lowest BCUT2D eigenvalue weighted by atomic mass is 10.4. The van der Waals surface area contributed by atoms with Crippen molar-refractivity contribution in [3.63, 3.8) is 0 Å². The third-order valence-corrected chi connectivity index (χ3v) is 11.6. The SMILES string of the molecule is O=S(=O)(N1CCSCC1N1CCSCC1)N1CCSCC1N1CCSCC1. The van der Waals surface area contributed by atoms with E-state index < -0.39 is 10.2 Å². The Morgan fingerprint density at radius 1 is 0.556 bits per heavy atom. The summed E-state index contributed by atoms with van der Waals surface area (Å²) in [5.74, 6) is 8.08. The second kappa shape index (κ2) is 10.00. The molecule has 0 spiro atoms. The maximum atomic E-state index is 13.8. The zero-order chi connectivity index (χ0) is 18.7. The van der Waals surface area contributed by atoms with Gasteiger partial charge in [0.1, 0.15) is 0 Å². The number of hydrogen-bond donors (Lipinski definition) is 0.